The predicted molar refractivity (Wildman–Crippen MR) is 82.4 cm³/mol. The zero-order valence-corrected chi connectivity index (χ0v) is 13.3. The van der Waals surface area contributed by atoms with Crippen LogP contribution in [0, 0.1) is 0 Å². The second kappa shape index (κ2) is 9.60. The number of piperidine rings is 1. The van der Waals surface area contributed by atoms with E-state index in [4.69, 9.17) is 5.11 Å². The maximum Gasteiger partial charge on any atom is 0.317 e. The van der Waals surface area contributed by atoms with Gasteiger partial charge < -0.3 is 20.2 Å². The van der Waals surface area contributed by atoms with Crippen molar-refractivity contribution in [1.29, 1.82) is 0 Å². The van der Waals surface area contributed by atoms with E-state index in [1.54, 1.807) is 0 Å². The summed E-state index contributed by atoms with van der Waals surface area (Å²) in [6.45, 7) is 6.00. The molecule has 1 aliphatic heterocycles. The van der Waals surface area contributed by atoms with Crippen molar-refractivity contribution >= 4 is 12.0 Å². The fraction of sp³-hybridized carbons (Fsp3) is 0.867. The predicted octanol–water partition coefficient (Wildman–Crippen LogP) is 1.76. The van der Waals surface area contributed by atoms with Crippen LogP contribution in [-0.4, -0.2) is 66.2 Å². The Morgan fingerprint density at radius 2 is 1.90 bits per heavy atom. The number of carbonyl (C=O) groups is 2. The number of carboxylic acid groups (broad SMARTS) is 1. The molecule has 0 atom stereocenters. The lowest BCUT2D eigenvalue weighted by Crippen LogP contribution is -2.48. The average Bonchev–Trinajstić information content (AvgIpc) is 2.49. The van der Waals surface area contributed by atoms with Crippen LogP contribution in [0.3, 0.4) is 0 Å². The lowest BCUT2D eigenvalue weighted by Gasteiger charge is -2.36. The maximum absolute atomic E-state index is 12.0. The molecular weight excluding hydrogens is 270 g/mol. The topological polar surface area (TPSA) is 72.9 Å². The average molecular weight is 299 g/mol. The number of amides is 2. The summed E-state index contributed by atoms with van der Waals surface area (Å²) >= 11 is 0. The first kappa shape index (κ1) is 17.8. The zero-order chi connectivity index (χ0) is 15.7. The molecule has 0 aromatic rings. The Morgan fingerprint density at radius 1 is 1.24 bits per heavy atom. The van der Waals surface area contributed by atoms with Crippen molar-refractivity contribution in [3.63, 3.8) is 0 Å². The van der Waals surface area contributed by atoms with Gasteiger partial charge in [0.15, 0.2) is 0 Å². The molecule has 0 saturated carbocycles. The Bertz CT molecular complexity index is 328. The second-order valence-corrected chi connectivity index (χ2v) is 5.71. The van der Waals surface area contributed by atoms with Gasteiger partial charge in [0.1, 0.15) is 0 Å². The van der Waals surface area contributed by atoms with E-state index < -0.39 is 5.97 Å². The van der Waals surface area contributed by atoms with Gasteiger partial charge in [-0.25, -0.2) is 4.79 Å². The van der Waals surface area contributed by atoms with Gasteiger partial charge in [-0.15, -0.1) is 0 Å². The molecule has 0 aromatic heterocycles. The number of aliphatic carboxylic acids is 1. The highest BCUT2D eigenvalue weighted by Gasteiger charge is 2.24. The number of carbonyl (C=O) groups excluding carboxylic acids is 1. The van der Waals surface area contributed by atoms with Crippen molar-refractivity contribution in [1.82, 2.24) is 15.1 Å². The third-order valence-electron chi connectivity index (χ3n) is 4.22. The summed E-state index contributed by atoms with van der Waals surface area (Å²) in [7, 11) is 1.87. The van der Waals surface area contributed by atoms with Crippen LogP contribution in [0.15, 0.2) is 0 Å². The van der Waals surface area contributed by atoms with Gasteiger partial charge in [0.2, 0.25) is 0 Å². The number of nitrogens with one attached hydrogen (secondary N) is 1. The van der Waals surface area contributed by atoms with E-state index in [-0.39, 0.29) is 12.5 Å². The molecule has 0 unspecified atom stereocenters. The SMILES string of the molecule is CCN1CCC(N(C)C(=O)NCCCCCC(=O)O)CC1. The fourth-order valence-corrected chi connectivity index (χ4v) is 2.69. The first-order valence-electron chi connectivity index (χ1n) is 7.99. The van der Waals surface area contributed by atoms with Crippen LogP contribution >= 0.6 is 0 Å². The maximum atomic E-state index is 12.0. The quantitative estimate of drug-likeness (QED) is 0.670. The number of hydrogen-bond acceptors (Lipinski definition) is 3. The van der Waals surface area contributed by atoms with E-state index in [0.29, 0.717) is 19.0 Å². The minimum atomic E-state index is -0.753. The van der Waals surface area contributed by atoms with Gasteiger partial charge >= 0.3 is 12.0 Å². The lowest BCUT2D eigenvalue weighted by molar-refractivity contribution is -0.137. The highest BCUT2D eigenvalue weighted by Crippen LogP contribution is 2.15. The number of nitrogens with zero attached hydrogens (tertiary/aromatic N) is 2. The number of carboxylic acids is 1. The number of hydrogen-bond donors (Lipinski definition) is 2. The highest BCUT2D eigenvalue weighted by molar-refractivity contribution is 5.74. The Kier molecular flexibility index (Phi) is 8.12. The number of likely N-dealkylation sites (tertiary alicyclic amines) is 1. The summed E-state index contributed by atoms with van der Waals surface area (Å²) in [5.41, 5.74) is 0. The number of rotatable bonds is 8. The molecule has 0 radical (unpaired) electrons. The summed E-state index contributed by atoms with van der Waals surface area (Å²) in [5.74, 6) is -0.753. The van der Waals surface area contributed by atoms with Gasteiger partial charge in [-0.3, -0.25) is 4.79 Å². The van der Waals surface area contributed by atoms with E-state index in [9.17, 15) is 9.59 Å². The summed E-state index contributed by atoms with van der Waals surface area (Å²) in [6, 6.07) is 0.322. The molecular formula is C15H29N3O3. The van der Waals surface area contributed by atoms with Crippen molar-refractivity contribution in [2.24, 2.45) is 0 Å². The Hall–Kier alpha value is -1.30. The summed E-state index contributed by atoms with van der Waals surface area (Å²) in [5, 5.41) is 11.5. The monoisotopic (exact) mass is 299 g/mol. The van der Waals surface area contributed by atoms with Crippen molar-refractivity contribution in [2.75, 3.05) is 33.2 Å². The minimum Gasteiger partial charge on any atom is -0.481 e. The first-order chi connectivity index (χ1) is 10.0. The minimum absolute atomic E-state index is 0.0109. The van der Waals surface area contributed by atoms with E-state index in [1.807, 2.05) is 11.9 Å². The molecule has 1 fully saturated rings. The van der Waals surface area contributed by atoms with Gasteiger partial charge in [-0.05, 0) is 32.2 Å². The molecule has 2 N–H and O–H groups in total. The van der Waals surface area contributed by atoms with Gasteiger partial charge in [0.25, 0.3) is 0 Å². The van der Waals surface area contributed by atoms with Crippen LogP contribution in [0.1, 0.15) is 45.4 Å². The molecule has 0 spiro atoms. The van der Waals surface area contributed by atoms with Crippen molar-refractivity contribution in [3.8, 4) is 0 Å². The van der Waals surface area contributed by atoms with Crippen LogP contribution in [0.4, 0.5) is 4.79 Å². The van der Waals surface area contributed by atoms with Gasteiger partial charge in [-0.1, -0.05) is 13.3 Å². The fourth-order valence-electron chi connectivity index (χ4n) is 2.69. The van der Waals surface area contributed by atoms with Crippen LogP contribution in [-0.2, 0) is 4.79 Å². The molecule has 0 aromatic carbocycles. The normalized spacial score (nSPS) is 16.7. The summed E-state index contributed by atoms with van der Waals surface area (Å²) in [6.07, 6.45) is 4.64. The third kappa shape index (κ3) is 6.80. The van der Waals surface area contributed by atoms with Crippen molar-refractivity contribution in [2.45, 2.75) is 51.5 Å². The Labute approximate surface area is 127 Å². The largest absolute Gasteiger partial charge is 0.481 e. The molecule has 0 bridgehead atoms. The zero-order valence-electron chi connectivity index (χ0n) is 13.3. The smallest absolute Gasteiger partial charge is 0.317 e. The summed E-state index contributed by atoms with van der Waals surface area (Å²) in [4.78, 5) is 26.6. The van der Waals surface area contributed by atoms with Gasteiger partial charge in [0.05, 0.1) is 0 Å². The highest BCUT2D eigenvalue weighted by atomic mass is 16.4. The Morgan fingerprint density at radius 3 is 2.48 bits per heavy atom. The second-order valence-electron chi connectivity index (χ2n) is 5.71. The number of unbranched alkanes of at least 4 members (excludes halogenated alkanes) is 2. The molecule has 0 aliphatic carbocycles. The van der Waals surface area contributed by atoms with Crippen molar-refractivity contribution in [3.05, 3.63) is 0 Å². The Balaban J connectivity index is 2.12. The molecule has 1 heterocycles. The number of urea groups is 1. The lowest BCUT2D eigenvalue weighted by atomic mass is 10.0. The van der Waals surface area contributed by atoms with E-state index in [1.165, 1.54) is 0 Å². The molecule has 21 heavy (non-hydrogen) atoms. The van der Waals surface area contributed by atoms with Crippen LogP contribution in [0.2, 0.25) is 0 Å². The van der Waals surface area contributed by atoms with E-state index in [2.05, 4.69) is 17.1 Å². The van der Waals surface area contributed by atoms with E-state index >= 15 is 0 Å². The molecule has 2 amide bonds. The standard InChI is InChI=1S/C15H29N3O3/c1-3-18-11-8-13(9-12-18)17(2)15(21)16-10-6-4-5-7-14(19)20/h13H,3-12H2,1-2H3,(H,16,21)(H,19,20). The van der Waals surface area contributed by atoms with Crippen LogP contribution in [0.5, 0.6) is 0 Å². The molecule has 6 nitrogen and oxygen atoms in total. The van der Waals surface area contributed by atoms with Crippen LogP contribution in [0.25, 0.3) is 0 Å². The molecule has 1 saturated heterocycles. The molecule has 1 aliphatic rings. The molecule has 6 heteroatoms. The van der Waals surface area contributed by atoms with Gasteiger partial charge in [0, 0.05) is 39.1 Å². The first-order valence-corrected chi connectivity index (χ1v) is 7.99. The van der Waals surface area contributed by atoms with E-state index in [0.717, 1.165) is 45.3 Å². The summed E-state index contributed by atoms with van der Waals surface area (Å²) < 4.78 is 0. The molecule has 1 rings (SSSR count). The third-order valence-corrected chi connectivity index (χ3v) is 4.22. The van der Waals surface area contributed by atoms with Gasteiger partial charge in [-0.2, -0.15) is 0 Å². The van der Waals surface area contributed by atoms with Crippen LogP contribution < -0.4 is 5.32 Å². The molecule has 122 valence electrons. The van der Waals surface area contributed by atoms with Crippen molar-refractivity contribution < 1.29 is 14.7 Å².